The first kappa shape index (κ1) is 13.6. The van der Waals surface area contributed by atoms with E-state index in [0.717, 1.165) is 5.56 Å². The van der Waals surface area contributed by atoms with Crippen LogP contribution in [0.3, 0.4) is 0 Å². The molecule has 2 amide bonds. The van der Waals surface area contributed by atoms with Gasteiger partial charge in [0.2, 0.25) is 5.91 Å². The summed E-state index contributed by atoms with van der Waals surface area (Å²) < 4.78 is 0. The number of H-pyrrole nitrogens is 1. The normalized spacial score (nSPS) is 10.1. The van der Waals surface area contributed by atoms with Crippen molar-refractivity contribution in [2.24, 2.45) is 0 Å². The van der Waals surface area contributed by atoms with Gasteiger partial charge >= 0.3 is 0 Å². The largest absolute Gasteiger partial charge is 0.508 e. The molecule has 1 aromatic carbocycles. The van der Waals surface area contributed by atoms with Gasteiger partial charge < -0.3 is 15.7 Å². The van der Waals surface area contributed by atoms with Crippen LogP contribution in [0.2, 0.25) is 0 Å². The molecule has 1 heterocycles. The van der Waals surface area contributed by atoms with E-state index in [1.807, 2.05) is 0 Å². The van der Waals surface area contributed by atoms with E-state index >= 15 is 0 Å². The lowest BCUT2D eigenvalue weighted by molar-refractivity contribution is -0.119. The van der Waals surface area contributed by atoms with Crippen molar-refractivity contribution in [3.63, 3.8) is 0 Å². The summed E-state index contributed by atoms with van der Waals surface area (Å²) in [6.45, 7) is -0.0943. The number of phenols is 1. The van der Waals surface area contributed by atoms with Crippen LogP contribution in [0.4, 0.5) is 0 Å². The van der Waals surface area contributed by atoms with E-state index in [1.165, 1.54) is 19.2 Å². The minimum absolute atomic E-state index is 0.0943. The molecule has 7 nitrogen and oxygen atoms in total. The zero-order valence-corrected chi connectivity index (χ0v) is 10.8. The van der Waals surface area contributed by atoms with Crippen molar-refractivity contribution in [3.05, 3.63) is 36.0 Å². The maximum Gasteiger partial charge on any atom is 0.269 e. The first-order valence-electron chi connectivity index (χ1n) is 5.93. The monoisotopic (exact) mass is 274 g/mol. The first-order valence-corrected chi connectivity index (χ1v) is 5.93. The van der Waals surface area contributed by atoms with Gasteiger partial charge in [0.25, 0.3) is 5.91 Å². The topological polar surface area (TPSA) is 107 Å². The number of phenolic OH excluding ortho intramolecular Hbond substituents is 1. The Hall–Kier alpha value is -2.83. The Kier molecular flexibility index (Phi) is 3.99. The van der Waals surface area contributed by atoms with Crippen LogP contribution in [0.15, 0.2) is 30.3 Å². The number of nitrogens with zero attached hydrogens (tertiary/aromatic N) is 1. The summed E-state index contributed by atoms with van der Waals surface area (Å²) in [6, 6.07) is 8.03. The summed E-state index contributed by atoms with van der Waals surface area (Å²) >= 11 is 0. The Bertz CT molecular complexity index is 619. The van der Waals surface area contributed by atoms with Crippen LogP contribution in [0.1, 0.15) is 10.5 Å². The molecule has 0 fully saturated rings. The fourth-order valence-electron chi connectivity index (χ4n) is 1.56. The Morgan fingerprint density at radius 3 is 2.65 bits per heavy atom. The van der Waals surface area contributed by atoms with Crippen molar-refractivity contribution < 1.29 is 14.7 Å². The number of carbonyl (C=O) groups is 2. The second-order valence-electron chi connectivity index (χ2n) is 4.07. The molecule has 0 aliphatic heterocycles. The Balaban J connectivity index is 2.06. The summed E-state index contributed by atoms with van der Waals surface area (Å²) in [6.07, 6.45) is 0. The molecule has 0 unspecified atom stereocenters. The first-order chi connectivity index (χ1) is 9.60. The fraction of sp³-hybridized carbons (Fsp3) is 0.154. The summed E-state index contributed by atoms with van der Waals surface area (Å²) in [7, 11) is 1.49. The number of hydrogen-bond acceptors (Lipinski definition) is 4. The third-order valence-corrected chi connectivity index (χ3v) is 2.67. The molecule has 0 radical (unpaired) electrons. The van der Waals surface area contributed by atoms with Gasteiger partial charge in [0, 0.05) is 12.6 Å². The molecule has 0 aliphatic rings. The maximum absolute atomic E-state index is 11.8. The van der Waals surface area contributed by atoms with Crippen molar-refractivity contribution in [1.29, 1.82) is 0 Å². The van der Waals surface area contributed by atoms with Gasteiger partial charge in [-0.3, -0.25) is 14.7 Å². The van der Waals surface area contributed by atoms with Crippen molar-refractivity contribution in [1.82, 2.24) is 20.8 Å². The number of likely N-dealkylation sites (N-methyl/N-ethyl adjacent to an activating group) is 1. The SMILES string of the molecule is CNC(=O)CNC(=O)c1cc(-c2ccc(O)cc2)n[nH]1. The van der Waals surface area contributed by atoms with E-state index in [2.05, 4.69) is 20.8 Å². The molecular weight excluding hydrogens is 260 g/mol. The molecule has 104 valence electrons. The Labute approximate surface area is 115 Å². The number of aromatic nitrogens is 2. The van der Waals surface area contributed by atoms with Crippen LogP contribution >= 0.6 is 0 Å². The lowest BCUT2D eigenvalue weighted by Gasteiger charge is -2.01. The van der Waals surface area contributed by atoms with E-state index in [0.29, 0.717) is 5.69 Å². The number of hydrogen-bond donors (Lipinski definition) is 4. The van der Waals surface area contributed by atoms with E-state index in [9.17, 15) is 14.7 Å². The highest BCUT2D eigenvalue weighted by Gasteiger charge is 2.11. The minimum Gasteiger partial charge on any atom is -0.508 e. The molecule has 0 saturated carbocycles. The molecule has 0 bridgehead atoms. The molecule has 1 aromatic heterocycles. The second-order valence-corrected chi connectivity index (χ2v) is 4.07. The van der Waals surface area contributed by atoms with Gasteiger partial charge in [0.1, 0.15) is 11.4 Å². The molecule has 4 N–H and O–H groups in total. The van der Waals surface area contributed by atoms with Crippen LogP contribution in [0.25, 0.3) is 11.3 Å². The van der Waals surface area contributed by atoms with Crippen LogP contribution in [0.5, 0.6) is 5.75 Å². The Morgan fingerprint density at radius 1 is 1.30 bits per heavy atom. The van der Waals surface area contributed by atoms with Crippen molar-refractivity contribution >= 4 is 11.8 Å². The molecule has 0 spiro atoms. The standard InChI is InChI=1S/C13H14N4O3/c1-14-12(19)7-15-13(20)11-6-10(16-17-11)8-2-4-9(18)5-3-8/h2-6,18H,7H2,1H3,(H,14,19)(H,15,20)(H,16,17). The number of rotatable bonds is 4. The van der Waals surface area contributed by atoms with E-state index in [-0.39, 0.29) is 23.9 Å². The van der Waals surface area contributed by atoms with Crippen LogP contribution in [0, 0.1) is 0 Å². The zero-order valence-electron chi connectivity index (χ0n) is 10.8. The zero-order chi connectivity index (χ0) is 14.5. The molecule has 2 rings (SSSR count). The Morgan fingerprint density at radius 2 is 2.00 bits per heavy atom. The minimum atomic E-state index is -0.411. The van der Waals surface area contributed by atoms with Crippen molar-refractivity contribution in [2.45, 2.75) is 0 Å². The third-order valence-electron chi connectivity index (χ3n) is 2.67. The molecule has 20 heavy (non-hydrogen) atoms. The quantitative estimate of drug-likeness (QED) is 0.641. The predicted octanol–water partition coefficient (Wildman–Crippen LogP) is 0.258. The van der Waals surface area contributed by atoms with Gasteiger partial charge in [-0.15, -0.1) is 0 Å². The summed E-state index contributed by atoms with van der Waals surface area (Å²) in [5.74, 6) is -0.532. The average Bonchev–Trinajstić information content (AvgIpc) is 2.95. The molecule has 7 heteroatoms. The number of aromatic hydroxyl groups is 1. The highest BCUT2D eigenvalue weighted by Crippen LogP contribution is 2.20. The highest BCUT2D eigenvalue weighted by molar-refractivity contribution is 5.95. The highest BCUT2D eigenvalue weighted by atomic mass is 16.3. The van der Waals surface area contributed by atoms with Gasteiger partial charge in [-0.25, -0.2) is 0 Å². The van der Waals surface area contributed by atoms with Gasteiger partial charge in [-0.1, -0.05) is 0 Å². The number of carbonyl (C=O) groups excluding carboxylic acids is 2. The molecule has 0 saturated heterocycles. The summed E-state index contributed by atoms with van der Waals surface area (Å²) in [5.41, 5.74) is 1.61. The maximum atomic E-state index is 11.8. The molecule has 0 atom stereocenters. The number of amides is 2. The summed E-state index contributed by atoms with van der Waals surface area (Å²) in [5, 5.41) is 20.7. The average molecular weight is 274 g/mol. The molecule has 0 aliphatic carbocycles. The van der Waals surface area contributed by atoms with Gasteiger partial charge in [-0.2, -0.15) is 5.10 Å². The van der Waals surface area contributed by atoms with E-state index < -0.39 is 5.91 Å². The van der Waals surface area contributed by atoms with Crippen LogP contribution in [-0.4, -0.2) is 40.7 Å². The smallest absolute Gasteiger partial charge is 0.269 e. The van der Waals surface area contributed by atoms with Crippen LogP contribution in [-0.2, 0) is 4.79 Å². The fourth-order valence-corrected chi connectivity index (χ4v) is 1.56. The number of benzene rings is 1. The number of nitrogens with one attached hydrogen (secondary N) is 3. The van der Waals surface area contributed by atoms with E-state index in [1.54, 1.807) is 18.2 Å². The molecule has 2 aromatic rings. The van der Waals surface area contributed by atoms with E-state index in [4.69, 9.17) is 0 Å². The van der Waals surface area contributed by atoms with Gasteiger partial charge in [0.05, 0.1) is 12.2 Å². The van der Waals surface area contributed by atoms with Gasteiger partial charge in [0.15, 0.2) is 0 Å². The summed E-state index contributed by atoms with van der Waals surface area (Å²) in [4.78, 5) is 22.8. The number of aromatic amines is 1. The predicted molar refractivity (Wildman–Crippen MR) is 72.1 cm³/mol. The molecular formula is C13H14N4O3. The lowest BCUT2D eigenvalue weighted by Crippen LogP contribution is -2.35. The van der Waals surface area contributed by atoms with Crippen molar-refractivity contribution in [3.8, 4) is 17.0 Å². The second kappa shape index (κ2) is 5.87. The van der Waals surface area contributed by atoms with Gasteiger partial charge in [-0.05, 0) is 30.3 Å². The lowest BCUT2D eigenvalue weighted by atomic mass is 10.1. The van der Waals surface area contributed by atoms with Crippen molar-refractivity contribution in [2.75, 3.05) is 13.6 Å². The van der Waals surface area contributed by atoms with Crippen LogP contribution < -0.4 is 10.6 Å². The third kappa shape index (κ3) is 3.14.